The van der Waals surface area contributed by atoms with Crippen LogP contribution in [0.4, 0.5) is 4.39 Å². The first-order valence-corrected chi connectivity index (χ1v) is 6.41. The van der Waals surface area contributed by atoms with Crippen LogP contribution in [0.15, 0.2) is 40.8 Å². The van der Waals surface area contributed by atoms with Crippen molar-refractivity contribution in [3.63, 3.8) is 0 Å². The van der Waals surface area contributed by atoms with Gasteiger partial charge in [-0.25, -0.2) is 9.37 Å². The molecule has 5 heteroatoms. The second-order valence-electron chi connectivity index (χ2n) is 4.79. The normalized spacial score (nSPS) is 11.0. The average molecular weight is 285 g/mol. The van der Waals surface area contributed by atoms with Crippen LogP contribution in [0.25, 0.3) is 22.6 Å². The van der Waals surface area contributed by atoms with E-state index in [2.05, 4.69) is 4.98 Å². The number of benzene rings is 2. The van der Waals surface area contributed by atoms with Gasteiger partial charge >= 0.3 is 5.97 Å². The first-order chi connectivity index (χ1) is 10.0. The summed E-state index contributed by atoms with van der Waals surface area (Å²) in [6, 6.07) is 9.30. The number of halogens is 1. The van der Waals surface area contributed by atoms with Crippen LogP contribution in [0, 0.1) is 12.7 Å². The molecule has 0 spiro atoms. The van der Waals surface area contributed by atoms with E-state index >= 15 is 0 Å². The predicted molar refractivity (Wildman–Crippen MR) is 75.5 cm³/mol. The molecule has 4 nitrogen and oxygen atoms in total. The zero-order valence-electron chi connectivity index (χ0n) is 11.3. The van der Waals surface area contributed by atoms with E-state index in [4.69, 9.17) is 9.52 Å². The number of rotatable bonds is 3. The Morgan fingerprint density at radius 2 is 1.95 bits per heavy atom. The van der Waals surface area contributed by atoms with Crippen molar-refractivity contribution in [3.05, 3.63) is 53.3 Å². The van der Waals surface area contributed by atoms with Crippen LogP contribution in [0.2, 0.25) is 0 Å². The van der Waals surface area contributed by atoms with Crippen molar-refractivity contribution in [2.24, 2.45) is 0 Å². The molecule has 0 aliphatic carbocycles. The van der Waals surface area contributed by atoms with Crippen LogP contribution in [0.3, 0.4) is 0 Å². The second kappa shape index (κ2) is 5.01. The zero-order valence-corrected chi connectivity index (χ0v) is 11.3. The van der Waals surface area contributed by atoms with Crippen LogP contribution in [-0.4, -0.2) is 16.1 Å². The number of aliphatic carboxylic acids is 1. The summed E-state index contributed by atoms with van der Waals surface area (Å²) >= 11 is 0. The first kappa shape index (κ1) is 13.3. The Kier molecular flexibility index (Phi) is 3.17. The minimum atomic E-state index is -0.889. The smallest absolute Gasteiger partial charge is 0.307 e. The monoisotopic (exact) mass is 285 g/mol. The number of fused-ring (bicyclic) bond motifs is 1. The van der Waals surface area contributed by atoms with E-state index in [1.165, 1.54) is 12.1 Å². The molecule has 0 saturated heterocycles. The van der Waals surface area contributed by atoms with Crippen molar-refractivity contribution >= 4 is 17.1 Å². The highest BCUT2D eigenvalue weighted by atomic mass is 19.1. The number of carbonyl (C=O) groups is 1. The molecular weight excluding hydrogens is 273 g/mol. The summed E-state index contributed by atoms with van der Waals surface area (Å²) in [4.78, 5) is 15.2. The van der Waals surface area contributed by atoms with Gasteiger partial charge in [-0.05, 0) is 48.4 Å². The minimum Gasteiger partial charge on any atom is -0.481 e. The molecular formula is C16H12FNO3. The number of nitrogens with zero attached hydrogens (tertiary/aromatic N) is 1. The lowest BCUT2D eigenvalue weighted by Crippen LogP contribution is -2.02. The molecule has 1 aromatic heterocycles. The molecule has 2 aromatic carbocycles. The summed E-state index contributed by atoms with van der Waals surface area (Å²) in [6.45, 7) is 1.82. The first-order valence-electron chi connectivity index (χ1n) is 6.41. The largest absolute Gasteiger partial charge is 0.481 e. The number of carboxylic acid groups (broad SMARTS) is 1. The lowest BCUT2D eigenvalue weighted by atomic mass is 10.0. The second-order valence-corrected chi connectivity index (χ2v) is 4.79. The number of aromatic nitrogens is 1. The molecule has 0 amide bonds. The summed E-state index contributed by atoms with van der Waals surface area (Å²) in [5.74, 6) is -0.824. The SMILES string of the molecule is Cc1c(CC(=O)O)ccc2oc(-c3ccc(F)cc3)nc12. The number of aryl methyl sites for hydroxylation is 1. The van der Waals surface area contributed by atoms with Gasteiger partial charge in [-0.2, -0.15) is 0 Å². The molecule has 3 aromatic rings. The highest BCUT2D eigenvalue weighted by molar-refractivity contribution is 5.82. The quantitative estimate of drug-likeness (QED) is 0.799. The maximum absolute atomic E-state index is 12.9. The summed E-state index contributed by atoms with van der Waals surface area (Å²) < 4.78 is 18.6. The Balaban J connectivity index is 2.09. The summed E-state index contributed by atoms with van der Waals surface area (Å²) in [5, 5.41) is 8.89. The Hall–Kier alpha value is -2.69. The molecule has 0 aliphatic heterocycles. The van der Waals surface area contributed by atoms with Gasteiger partial charge in [0.15, 0.2) is 5.58 Å². The van der Waals surface area contributed by atoms with E-state index in [1.54, 1.807) is 24.3 Å². The van der Waals surface area contributed by atoms with Crippen molar-refractivity contribution in [1.82, 2.24) is 4.98 Å². The maximum atomic E-state index is 12.9. The molecule has 106 valence electrons. The Labute approximate surface area is 119 Å². The summed E-state index contributed by atoms with van der Waals surface area (Å²) in [6.07, 6.45) is -0.0550. The van der Waals surface area contributed by atoms with Gasteiger partial charge in [0.2, 0.25) is 5.89 Å². The Morgan fingerprint density at radius 3 is 2.62 bits per heavy atom. The van der Waals surface area contributed by atoms with Crippen molar-refractivity contribution in [3.8, 4) is 11.5 Å². The van der Waals surface area contributed by atoms with Gasteiger partial charge in [0.1, 0.15) is 11.3 Å². The van der Waals surface area contributed by atoms with Gasteiger partial charge < -0.3 is 9.52 Å². The van der Waals surface area contributed by atoms with E-state index in [0.717, 1.165) is 5.56 Å². The molecule has 0 atom stereocenters. The van der Waals surface area contributed by atoms with Gasteiger partial charge in [0, 0.05) is 5.56 Å². The average Bonchev–Trinajstić information content (AvgIpc) is 2.87. The van der Waals surface area contributed by atoms with Crippen molar-refractivity contribution in [1.29, 1.82) is 0 Å². The molecule has 1 heterocycles. The van der Waals surface area contributed by atoms with Crippen molar-refractivity contribution < 1.29 is 18.7 Å². The van der Waals surface area contributed by atoms with E-state index in [9.17, 15) is 9.18 Å². The number of hydrogen-bond acceptors (Lipinski definition) is 3. The van der Waals surface area contributed by atoms with Gasteiger partial charge in [-0.15, -0.1) is 0 Å². The van der Waals surface area contributed by atoms with Crippen LogP contribution < -0.4 is 0 Å². The topological polar surface area (TPSA) is 63.3 Å². The van der Waals surface area contributed by atoms with E-state index < -0.39 is 5.97 Å². The highest BCUT2D eigenvalue weighted by Crippen LogP contribution is 2.28. The van der Waals surface area contributed by atoms with Crippen LogP contribution in [0.5, 0.6) is 0 Å². The van der Waals surface area contributed by atoms with Crippen LogP contribution in [0.1, 0.15) is 11.1 Å². The van der Waals surface area contributed by atoms with Crippen LogP contribution in [-0.2, 0) is 11.2 Å². The number of oxazole rings is 1. The van der Waals surface area contributed by atoms with Crippen molar-refractivity contribution in [2.75, 3.05) is 0 Å². The maximum Gasteiger partial charge on any atom is 0.307 e. The van der Waals surface area contributed by atoms with Crippen LogP contribution >= 0.6 is 0 Å². The van der Waals surface area contributed by atoms with Gasteiger partial charge in [-0.1, -0.05) is 6.07 Å². The lowest BCUT2D eigenvalue weighted by molar-refractivity contribution is -0.136. The predicted octanol–water partition coefficient (Wildman–Crippen LogP) is 3.57. The van der Waals surface area contributed by atoms with Gasteiger partial charge in [0.05, 0.1) is 6.42 Å². The van der Waals surface area contributed by atoms with E-state index in [0.29, 0.717) is 28.1 Å². The van der Waals surface area contributed by atoms with E-state index in [-0.39, 0.29) is 12.2 Å². The molecule has 0 bridgehead atoms. The standard InChI is InChI=1S/C16H12FNO3/c1-9-11(8-14(19)20)4-7-13-15(9)18-16(21-13)10-2-5-12(17)6-3-10/h2-7H,8H2,1H3,(H,19,20). The number of carboxylic acids is 1. The fraction of sp³-hybridized carbons (Fsp3) is 0.125. The van der Waals surface area contributed by atoms with Gasteiger partial charge in [0.25, 0.3) is 0 Å². The Bertz CT molecular complexity index is 821. The third-order valence-electron chi connectivity index (χ3n) is 3.36. The molecule has 21 heavy (non-hydrogen) atoms. The minimum absolute atomic E-state index is 0.0550. The lowest BCUT2D eigenvalue weighted by Gasteiger charge is -2.01. The molecule has 0 radical (unpaired) electrons. The summed E-state index contributed by atoms with van der Waals surface area (Å²) in [7, 11) is 0. The van der Waals surface area contributed by atoms with E-state index in [1.807, 2.05) is 6.92 Å². The molecule has 0 saturated carbocycles. The third kappa shape index (κ3) is 2.50. The van der Waals surface area contributed by atoms with Crippen molar-refractivity contribution in [2.45, 2.75) is 13.3 Å². The zero-order chi connectivity index (χ0) is 15.0. The fourth-order valence-corrected chi connectivity index (χ4v) is 2.24. The molecule has 1 N–H and O–H groups in total. The highest BCUT2D eigenvalue weighted by Gasteiger charge is 2.13. The summed E-state index contributed by atoms with van der Waals surface area (Å²) in [5.41, 5.74) is 3.38. The van der Waals surface area contributed by atoms with Gasteiger partial charge in [-0.3, -0.25) is 4.79 Å². The molecule has 0 fully saturated rings. The molecule has 0 unspecified atom stereocenters. The number of hydrogen-bond donors (Lipinski definition) is 1. The Morgan fingerprint density at radius 1 is 1.24 bits per heavy atom. The molecule has 0 aliphatic rings. The molecule has 3 rings (SSSR count). The third-order valence-corrected chi connectivity index (χ3v) is 3.36. The fourth-order valence-electron chi connectivity index (χ4n) is 2.24.